The standard InChI is InChI=1S/C13H17NOS.CH3NO/c1-4-7-11(8-5-2)16-14-13(15)12-9-10(12)6-3;2-1-3/h4-8,10,12H,1,3,9H2,2H3,(H,14,15);1H,(H2,2,3)/b8-5-,11-7+;. The second-order valence-corrected chi connectivity index (χ2v) is 4.63. The molecular formula is C14H20N2O2S. The highest BCUT2D eigenvalue weighted by atomic mass is 32.2. The molecule has 104 valence electrons. The maximum atomic E-state index is 11.6. The van der Waals surface area contributed by atoms with Crippen LogP contribution in [0.1, 0.15) is 13.3 Å². The number of carbonyl (C=O) groups is 2. The Balaban J connectivity index is 0.000000982. The molecule has 0 aliphatic heterocycles. The maximum Gasteiger partial charge on any atom is 0.233 e. The number of primary amides is 1. The van der Waals surface area contributed by atoms with Gasteiger partial charge in [0.05, 0.1) is 0 Å². The molecule has 0 radical (unpaired) electrons. The van der Waals surface area contributed by atoms with Crippen LogP contribution in [0.3, 0.4) is 0 Å². The molecule has 1 aliphatic carbocycles. The Hall–Kier alpha value is -1.75. The summed E-state index contributed by atoms with van der Waals surface area (Å²) in [6.07, 6.45) is 10.5. The van der Waals surface area contributed by atoms with Gasteiger partial charge in [0.15, 0.2) is 0 Å². The molecule has 5 heteroatoms. The van der Waals surface area contributed by atoms with Gasteiger partial charge in [-0.3, -0.25) is 14.3 Å². The number of nitrogens with one attached hydrogen (secondary N) is 1. The van der Waals surface area contributed by atoms with Crippen LogP contribution in [0.2, 0.25) is 0 Å². The van der Waals surface area contributed by atoms with Gasteiger partial charge in [-0.25, -0.2) is 0 Å². The van der Waals surface area contributed by atoms with Crippen LogP contribution >= 0.6 is 11.9 Å². The molecule has 1 saturated carbocycles. The molecule has 0 spiro atoms. The average molecular weight is 280 g/mol. The molecule has 0 heterocycles. The van der Waals surface area contributed by atoms with Gasteiger partial charge in [0.1, 0.15) is 0 Å². The van der Waals surface area contributed by atoms with Gasteiger partial charge in [0, 0.05) is 10.8 Å². The van der Waals surface area contributed by atoms with Crippen LogP contribution in [-0.2, 0) is 9.59 Å². The molecule has 1 fully saturated rings. The lowest BCUT2D eigenvalue weighted by molar-refractivity contribution is -0.120. The summed E-state index contributed by atoms with van der Waals surface area (Å²) in [5, 5.41) is 0. The van der Waals surface area contributed by atoms with E-state index in [-0.39, 0.29) is 18.2 Å². The summed E-state index contributed by atoms with van der Waals surface area (Å²) < 4.78 is 2.84. The molecule has 1 rings (SSSR count). The second kappa shape index (κ2) is 10.2. The number of hydrogen-bond donors (Lipinski definition) is 2. The van der Waals surface area contributed by atoms with E-state index in [9.17, 15) is 4.79 Å². The van der Waals surface area contributed by atoms with Crippen molar-refractivity contribution in [2.75, 3.05) is 0 Å². The minimum atomic E-state index is 0.0920. The molecule has 0 aromatic rings. The van der Waals surface area contributed by atoms with Gasteiger partial charge < -0.3 is 5.73 Å². The first-order valence-electron chi connectivity index (χ1n) is 5.84. The van der Waals surface area contributed by atoms with Crippen LogP contribution < -0.4 is 10.5 Å². The number of rotatable bonds is 6. The van der Waals surface area contributed by atoms with E-state index in [4.69, 9.17) is 4.79 Å². The lowest BCUT2D eigenvalue weighted by Gasteiger charge is -2.03. The van der Waals surface area contributed by atoms with Gasteiger partial charge in [-0.15, -0.1) is 6.58 Å². The zero-order valence-corrected chi connectivity index (χ0v) is 11.9. The van der Waals surface area contributed by atoms with Crippen molar-refractivity contribution in [3.05, 3.63) is 48.4 Å². The molecule has 4 nitrogen and oxygen atoms in total. The van der Waals surface area contributed by atoms with Crippen LogP contribution in [0, 0.1) is 11.8 Å². The summed E-state index contributed by atoms with van der Waals surface area (Å²) in [5.41, 5.74) is 4.17. The summed E-state index contributed by atoms with van der Waals surface area (Å²) in [7, 11) is 0. The normalized spacial score (nSPS) is 21.0. The van der Waals surface area contributed by atoms with Gasteiger partial charge >= 0.3 is 0 Å². The number of hydrogen-bond acceptors (Lipinski definition) is 3. The Morgan fingerprint density at radius 1 is 1.47 bits per heavy atom. The Bertz CT molecular complexity index is 389. The fourth-order valence-corrected chi connectivity index (χ4v) is 2.10. The molecule has 0 aromatic heterocycles. The van der Waals surface area contributed by atoms with Crippen molar-refractivity contribution in [2.24, 2.45) is 17.6 Å². The van der Waals surface area contributed by atoms with Crippen LogP contribution in [0.15, 0.2) is 48.4 Å². The first-order chi connectivity index (χ1) is 9.14. The van der Waals surface area contributed by atoms with E-state index in [0.717, 1.165) is 11.3 Å². The molecule has 2 atom stereocenters. The highest BCUT2D eigenvalue weighted by Gasteiger charge is 2.40. The predicted molar refractivity (Wildman–Crippen MR) is 80.9 cm³/mol. The monoisotopic (exact) mass is 280 g/mol. The van der Waals surface area contributed by atoms with E-state index in [1.807, 2.05) is 31.2 Å². The molecule has 3 N–H and O–H groups in total. The Morgan fingerprint density at radius 3 is 2.53 bits per heavy atom. The molecule has 0 bridgehead atoms. The SMILES string of the molecule is C=C/C=C(\C=C/C)SNC(=O)C1CC1C=C.NC=O. The summed E-state index contributed by atoms with van der Waals surface area (Å²) in [4.78, 5) is 21.2. The number of carbonyl (C=O) groups excluding carboxylic acids is 2. The van der Waals surface area contributed by atoms with Crippen LogP contribution in [0.25, 0.3) is 0 Å². The summed E-state index contributed by atoms with van der Waals surface area (Å²) in [6.45, 7) is 9.26. The highest BCUT2D eigenvalue weighted by molar-refractivity contribution is 8.01. The fourth-order valence-electron chi connectivity index (χ4n) is 1.37. The summed E-state index contributed by atoms with van der Waals surface area (Å²) >= 11 is 1.33. The van der Waals surface area contributed by atoms with Crippen molar-refractivity contribution < 1.29 is 9.59 Å². The van der Waals surface area contributed by atoms with E-state index in [0.29, 0.717) is 5.92 Å². The first kappa shape index (κ1) is 17.2. The second-order valence-electron chi connectivity index (χ2n) is 3.75. The van der Waals surface area contributed by atoms with Crippen molar-refractivity contribution in [1.29, 1.82) is 0 Å². The van der Waals surface area contributed by atoms with Gasteiger partial charge in [0.2, 0.25) is 12.3 Å². The lowest BCUT2D eigenvalue weighted by Crippen LogP contribution is -2.18. The van der Waals surface area contributed by atoms with Crippen molar-refractivity contribution >= 4 is 24.3 Å². The largest absolute Gasteiger partial charge is 0.372 e. The van der Waals surface area contributed by atoms with Crippen molar-refractivity contribution in [1.82, 2.24) is 4.72 Å². The topological polar surface area (TPSA) is 72.2 Å². The van der Waals surface area contributed by atoms with Crippen LogP contribution in [0.5, 0.6) is 0 Å². The van der Waals surface area contributed by atoms with Crippen LogP contribution in [-0.4, -0.2) is 12.3 Å². The number of allylic oxidation sites excluding steroid dienone is 5. The third kappa shape index (κ3) is 7.31. The Labute approximate surface area is 118 Å². The average Bonchev–Trinajstić information content (AvgIpc) is 3.16. The smallest absolute Gasteiger partial charge is 0.233 e. The summed E-state index contributed by atoms with van der Waals surface area (Å²) in [6, 6.07) is 0. The molecule has 19 heavy (non-hydrogen) atoms. The zero-order chi connectivity index (χ0) is 14.7. The Morgan fingerprint density at radius 2 is 2.11 bits per heavy atom. The number of nitrogens with two attached hydrogens (primary N) is 1. The quantitative estimate of drug-likeness (QED) is 0.339. The van der Waals surface area contributed by atoms with E-state index in [1.54, 1.807) is 6.08 Å². The van der Waals surface area contributed by atoms with Crippen molar-refractivity contribution in [3.8, 4) is 0 Å². The Kier molecular flexibility index (Phi) is 9.26. The van der Waals surface area contributed by atoms with E-state index < -0.39 is 0 Å². The minimum absolute atomic E-state index is 0.0920. The van der Waals surface area contributed by atoms with Crippen LogP contribution in [0.4, 0.5) is 0 Å². The minimum Gasteiger partial charge on any atom is -0.372 e. The fraction of sp³-hybridized carbons (Fsp3) is 0.286. The van der Waals surface area contributed by atoms with E-state index >= 15 is 0 Å². The molecule has 1 aliphatic rings. The third-order valence-electron chi connectivity index (χ3n) is 2.36. The predicted octanol–water partition coefficient (Wildman–Crippen LogP) is 2.32. The zero-order valence-electron chi connectivity index (χ0n) is 11.0. The van der Waals surface area contributed by atoms with Crippen molar-refractivity contribution in [2.45, 2.75) is 13.3 Å². The molecular weight excluding hydrogens is 260 g/mol. The van der Waals surface area contributed by atoms with Crippen molar-refractivity contribution in [3.63, 3.8) is 0 Å². The van der Waals surface area contributed by atoms with E-state index in [1.165, 1.54) is 11.9 Å². The molecule has 2 amide bonds. The van der Waals surface area contributed by atoms with Gasteiger partial charge in [-0.2, -0.15) is 0 Å². The lowest BCUT2D eigenvalue weighted by atomic mass is 10.3. The van der Waals surface area contributed by atoms with Gasteiger partial charge in [-0.1, -0.05) is 30.9 Å². The van der Waals surface area contributed by atoms with Gasteiger partial charge in [-0.05, 0) is 37.3 Å². The number of amides is 2. The maximum absolute atomic E-state index is 11.6. The molecule has 0 saturated heterocycles. The molecule has 2 unspecified atom stereocenters. The summed E-state index contributed by atoms with van der Waals surface area (Å²) in [5.74, 6) is 0.587. The highest BCUT2D eigenvalue weighted by Crippen LogP contribution is 2.39. The first-order valence-corrected chi connectivity index (χ1v) is 6.66. The third-order valence-corrected chi connectivity index (χ3v) is 3.17. The molecule has 0 aromatic carbocycles. The van der Waals surface area contributed by atoms with Gasteiger partial charge in [0.25, 0.3) is 0 Å². The van der Waals surface area contributed by atoms with E-state index in [2.05, 4.69) is 23.6 Å².